The van der Waals surface area contributed by atoms with E-state index in [1.54, 1.807) is 31.2 Å². The fourth-order valence-electron chi connectivity index (χ4n) is 2.06. The number of ether oxygens (including phenoxy) is 2. The summed E-state index contributed by atoms with van der Waals surface area (Å²) >= 11 is 0. The first-order valence-corrected chi connectivity index (χ1v) is 6.05. The van der Waals surface area contributed by atoms with Gasteiger partial charge in [0.05, 0.1) is 11.1 Å². The van der Waals surface area contributed by atoms with Gasteiger partial charge in [-0.05, 0) is 42.0 Å². The highest BCUT2D eigenvalue weighted by molar-refractivity contribution is 5.99. The monoisotopic (exact) mass is 256 g/mol. The summed E-state index contributed by atoms with van der Waals surface area (Å²) in [5, 5.41) is 1.78. The summed E-state index contributed by atoms with van der Waals surface area (Å²) in [7, 11) is 0. The molecule has 0 amide bonds. The highest BCUT2D eigenvalue weighted by atomic mass is 16.6. The molecule has 1 aliphatic rings. The molecule has 1 heterocycles. The Balaban J connectivity index is 2.19. The highest BCUT2D eigenvalue weighted by Crippen LogP contribution is 2.20. The zero-order valence-corrected chi connectivity index (χ0v) is 10.4. The van der Waals surface area contributed by atoms with Crippen LogP contribution in [0.1, 0.15) is 27.6 Å². The summed E-state index contributed by atoms with van der Waals surface area (Å²) in [6.45, 7) is 1.75. The van der Waals surface area contributed by atoms with Gasteiger partial charge in [-0.15, -0.1) is 0 Å². The van der Waals surface area contributed by atoms with Crippen molar-refractivity contribution in [1.82, 2.24) is 0 Å². The molecule has 0 spiro atoms. The van der Waals surface area contributed by atoms with Gasteiger partial charge in [0.2, 0.25) is 0 Å². The van der Waals surface area contributed by atoms with E-state index in [9.17, 15) is 9.59 Å². The van der Waals surface area contributed by atoms with Crippen LogP contribution in [0.4, 0.5) is 0 Å². The Morgan fingerprint density at radius 1 is 0.947 bits per heavy atom. The van der Waals surface area contributed by atoms with Gasteiger partial charge in [0.1, 0.15) is 12.7 Å². The Kier molecular flexibility index (Phi) is 2.71. The van der Waals surface area contributed by atoms with Gasteiger partial charge in [0.15, 0.2) is 0 Å². The second kappa shape index (κ2) is 4.39. The maximum Gasteiger partial charge on any atom is 0.338 e. The van der Waals surface area contributed by atoms with Crippen molar-refractivity contribution < 1.29 is 19.1 Å². The van der Waals surface area contributed by atoms with Crippen molar-refractivity contribution in [3.8, 4) is 0 Å². The van der Waals surface area contributed by atoms with E-state index in [1.165, 1.54) is 0 Å². The van der Waals surface area contributed by atoms with Crippen molar-refractivity contribution in [3.05, 3.63) is 47.5 Å². The summed E-state index contributed by atoms with van der Waals surface area (Å²) in [4.78, 5) is 23.8. The van der Waals surface area contributed by atoms with Gasteiger partial charge in [0, 0.05) is 0 Å². The lowest BCUT2D eigenvalue weighted by atomic mass is 10.0. The van der Waals surface area contributed by atoms with Crippen LogP contribution in [0.3, 0.4) is 0 Å². The van der Waals surface area contributed by atoms with E-state index in [4.69, 9.17) is 9.47 Å². The number of benzene rings is 2. The lowest BCUT2D eigenvalue weighted by molar-refractivity contribution is 0.00456. The van der Waals surface area contributed by atoms with Gasteiger partial charge >= 0.3 is 11.9 Å². The van der Waals surface area contributed by atoms with Gasteiger partial charge in [-0.3, -0.25) is 0 Å². The van der Waals surface area contributed by atoms with Gasteiger partial charge < -0.3 is 9.47 Å². The molecule has 1 atom stereocenters. The van der Waals surface area contributed by atoms with Crippen molar-refractivity contribution in [2.45, 2.75) is 13.0 Å². The molecule has 19 heavy (non-hydrogen) atoms. The third-order valence-electron chi connectivity index (χ3n) is 3.07. The van der Waals surface area contributed by atoms with Crippen molar-refractivity contribution in [2.24, 2.45) is 0 Å². The summed E-state index contributed by atoms with van der Waals surface area (Å²) in [5.74, 6) is -0.810. The van der Waals surface area contributed by atoms with E-state index in [2.05, 4.69) is 0 Å². The Morgan fingerprint density at radius 3 is 2.26 bits per heavy atom. The van der Waals surface area contributed by atoms with Gasteiger partial charge in [-0.2, -0.15) is 0 Å². The fourth-order valence-corrected chi connectivity index (χ4v) is 2.06. The molecule has 1 unspecified atom stereocenters. The molecule has 0 saturated heterocycles. The summed E-state index contributed by atoms with van der Waals surface area (Å²) in [6.07, 6.45) is -0.469. The molecule has 96 valence electrons. The maximum atomic E-state index is 11.9. The third-order valence-corrected chi connectivity index (χ3v) is 3.07. The normalized spacial score (nSPS) is 19.1. The van der Waals surface area contributed by atoms with Crippen LogP contribution in [0.15, 0.2) is 36.4 Å². The molecule has 3 rings (SSSR count). The molecule has 2 aromatic carbocycles. The van der Waals surface area contributed by atoms with Crippen LogP contribution in [0.2, 0.25) is 0 Å². The van der Waals surface area contributed by atoms with Crippen molar-refractivity contribution in [1.29, 1.82) is 0 Å². The number of fused-ring (bicyclic) bond motifs is 2. The molecule has 2 aromatic rings. The SMILES string of the molecule is CC1COC(=O)c2ccc3ccc(cc3c2)C(=O)O1. The number of carbonyl (C=O) groups is 2. The van der Waals surface area contributed by atoms with Crippen LogP contribution in [-0.4, -0.2) is 24.6 Å². The largest absolute Gasteiger partial charge is 0.458 e. The smallest absolute Gasteiger partial charge is 0.338 e. The summed E-state index contributed by atoms with van der Waals surface area (Å²) in [6, 6.07) is 10.6. The van der Waals surface area contributed by atoms with Crippen molar-refractivity contribution in [2.75, 3.05) is 6.61 Å². The standard InChI is InChI=1S/C15H12O4/c1-9-8-18-14(16)11-4-2-10-3-5-12(15(17)19-9)7-13(10)6-11/h2-7,9H,8H2,1H3. The summed E-state index contributed by atoms with van der Waals surface area (Å²) in [5.41, 5.74) is 0.956. The maximum absolute atomic E-state index is 11.9. The lowest BCUT2D eigenvalue weighted by Gasteiger charge is -2.12. The van der Waals surface area contributed by atoms with E-state index in [0.717, 1.165) is 10.8 Å². The van der Waals surface area contributed by atoms with Crippen molar-refractivity contribution in [3.63, 3.8) is 0 Å². The van der Waals surface area contributed by atoms with Crippen molar-refractivity contribution >= 4 is 22.7 Å². The zero-order chi connectivity index (χ0) is 13.4. The van der Waals surface area contributed by atoms with Gasteiger partial charge in [0.25, 0.3) is 0 Å². The number of hydrogen-bond donors (Lipinski definition) is 0. The van der Waals surface area contributed by atoms with E-state index in [0.29, 0.717) is 11.1 Å². The second-order valence-corrected chi connectivity index (χ2v) is 4.59. The fraction of sp³-hybridized carbons (Fsp3) is 0.200. The predicted octanol–water partition coefficient (Wildman–Crippen LogP) is 2.56. The first-order chi connectivity index (χ1) is 9.13. The molecule has 0 aromatic heterocycles. The molecule has 0 N–H and O–H groups in total. The third kappa shape index (κ3) is 2.17. The van der Waals surface area contributed by atoms with E-state index >= 15 is 0 Å². The van der Waals surface area contributed by atoms with Gasteiger partial charge in [-0.25, -0.2) is 9.59 Å². The number of hydrogen-bond acceptors (Lipinski definition) is 4. The minimum absolute atomic E-state index is 0.0542. The molecule has 3 bridgehead atoms. The molecule has 0 radical (unpaired) electrons. The Bertz CT molecular complexity index is 675. The minimum atomic E-state index is -0.469. The summed E-state index contributed by atoms with van der Waals surface area (Å²) < 4.78 is 10.3. The van der Waals surface area contributed by atoms with Crippen LogP contribution in [0, 0.1) is 0 Å². The van der Waals surface area contributed by atoms with E-state index < -0.39 is 18.0 Å². The molecule has 4 heteroatoms. The first-order valence-electron chi connectivity index (χ1n) is 6.05. The average Bonchev–Trinajstić information content (AvgIpc) is 2.43. The molecule has 4 nitrogen and oxygen atoms in total. The van der Waals surface area contributed by atoms with E-state index in [1.807, 2.05) is 12.1 Å². The number of cyclic esters (lactones) is 2. The number of rotatable bonds is 0. The first kappa shape index (κ1) is 11.7. The molecule has 1 aliphatic heterocycles. The average molecular weight is 256 g/mol. The van der Waals surface area contributed by atoms with Crippen LogP contribution in [-0.2, 0) is 9.47 Å². The molecule has 0 fully saturated rings. The minimum Gasteiger partial charge on any atom is -0.458 e. The Morgan fingerprint density at radius 2 is 1.58 bits per heavy atom. The zero-order valence-electron chi connectivity index (χ0n) is 10.4. The second-order valence-electron chi connectivity index (χ2n) is 4.59. The molecule has 0 aliphatic carbocycles. The number of esters is 2. The topological polar surface area (TPSA) is 52.6 Å². The Labute approximate surface area is 109 Å². The molecular weight excluding hydrogens is 244 g/mol. The van der Waals surface area contributed by atoms with Crippen LogP contribution in [0.5, 0.6) is 0 Å². The molecule has 0 saturated carbocycles. The highest BCUT2D eigenvalue weighted by Gasteiger charge is 2.17. The Hall–Kier alpha value is -2.36. The van der Waals surface area contributed by atoms with Crippen LogP contribution >= 0.6 is 0 Å². The van der Waals surface area contributed by atoms with E-state index in [-0.39, 0.29) is 6.61 Å². The van der Waals surface area contributed by atoms with Gasteiger partial charge in [-0.1, -0.05) is 12.1 Å². The molecular formula is C15H12O4. The van der Waals surface area contributed by atoms with Crippen LogP contribution < -0.4 is 0 Å². The quantitative estimate of drug-likeness (QED) is 0.680. The van der Waals surface area contributed by atoms with Crippen LogP contribution in [0.25, 0.3) is 10.8 Å². The number of carbonyl (C=O) groups excluding carboxylic acids is 2. The predicted molar refractivity (Wildman–Crippen MR) is 69.1 cm³/mol. The lowest BCUT2D eigenvalue weighted by Crippen LogP contribution is -2.22.